The molecule has 0 unspecified atom stereocenters. The van der Waals surface area contributed by atoms with Crippen LogP contribution in [0.4, 0.5) is 5.82 Å². The number of fused-ring (bicyclic) bond motifs is 1. The molecule has 2 aromatic rings. The van der Waals surface area contributed by atoms with Gasteiger partial charge in [-0.1, -0.05) is 20.8 Å². The number of anilines is 1. The van der Waals surface area contributed by atoms with Gasteiger partial charge >= 0.3 is 0 Å². The Morgan fingerprint density at radius 3 is 2.75 bits per heavy atom. The van der Waals surface area contributed by atoms with Gasteiger partial charge in [-0.15, -0.1) is 0 Å². The van der Waals surface area contributed by atoms with Crippen molar-refractivity contribution in [3.8, 4) is 0 Å². The second-order valence-electron chi connectivity index (χ2n) is 6.57. The monoisotopic (exact) mass is 273 g/mol. The maximum absolute atomic E-state index is 5.76. The molecule has 0 spiro atoms. The van der Waals surface area contributed by atoms with E-state index >= 15 is 0 Å². The lowest BCUT2D eigenvalue weighted by atomic mass is 9.92. The van der Waals surface area contributed by atoms with E-state index in [9.17, 15) is 0 Å². The molecule has 1 saturated carbocycles. The summed E-state index contributed by atoms with van der Waals surface area (Å²) in [5.74, 6) is 1.02. The molecule has 0 atom stereocenters. The number of nitrogens with two attached hydrogens (primary N) is 1. The maximum Gasteiger partial charge on any atom is 0.154 e. The number of hydrogen-bond acceptors (Lipinski definition) is 4. The highest BCUT2D eigenvalue weighted by Crippen LogP contribution is 2.33. The zero-order chi connectivity index (χ0) is 14.3. The second kappa shape index (κ2) is 4.74. The Labute approximate surface area is 119 Å². The van der Waals surface area contributed by atoms with Crippen molar-refractivity contribution in [1.82, 2.24) is 14.6 Å². The van der Waals surface area contributed by atoms with Gasteiger partial charge in [-0.05, 0) is 18.9 Å². The number of aromatic nitrogens is 3. The summed E-state index contributed by atoms with van der Waals surface area (Å²) >= 11 is 0. The SMILES string of the molecule is CC(C)(C)c1cc2c(N(CCN)C3CC3)nccn2n1. The Hall–Kier alpha value is -1.62. The van der Waals surface area contributed by atoms with E-state index in [2.05, 4.69) is 41.8 Å². The van der Waals surface area contributed by atoms with Crippen molar-refractivity contribution >= 4 is 11.3 Å². The van der Waals surface area contributed by atoms with Gasteiger partial charge in [-0.3, -0.25) is 0 Å². The van der Waals surface area contributed by atoms with Crippen molar-refractivity contribution in [2.45, 2.75) is 45.1 Å². The van der Waals surface area contributed by atoms with Crippen LogP contribution in [0.25, 0.3) is 5.52 Å². The van der Waals surface area contributed by atoms with Gasteiger partial charge in [0, 0.05) is 36.9 Å². The predicted molar refractivity (Wildman–Crippen MR) is 81.1 cm³/mol. The summed E-state index contributed by atoms with van der Waals surface area (Å²) in [5.41, 5.74) is 7.98. The molecule has 0 bridgehead atoms. The summed E-state index contributed by atoms with van der Waals surface area (Å²) in [6.45, 7) is 8.05. The highest BCUT2D eigenvalue weighted by atomic mass is 15.3. The van der Waals surface area contributed by atoms with Crippen LogP contribution in [-0.4, -0.2) is 33.7 Å². The van der Waals surface area contributed by atoms with E-state index < -0.39 is 0 Å². The zero-order valence-corrected chi connectivity index (χ0v) is 12.5. The Kier molecular flexibility index (Phi) is 3.17. The van der Waals surface area contributed by atoms with Crippen LogP contribution in [0, 0.1) is 0 Å². The van der Waals surface area contributed by atoms with Crippen LogP contribution in [0.15, 0.2) is 18.5 Å². The summed E-state index contributed by atoms with van der Waals surface area (Å²) in [6.07, 6.45) is 6.22. The highest BCUT2D eigenvalue weighted by Gasteiger charge is 2.31. The summed E-state index contributed by atoms with van der Waals surface area (Å²) in [6, 6.07) is 2.76. The first-order valence-electron chi connectivity index (χ1n) is 7.32. The fourth-order valence-corrected chi connectivity index (χ4v) is 2.48. The Bertz CT molecular complexity index is 606. The summed E-state index contributed by atoms with van der Waals surface area (Å²) in [4.78, 5) is 6.93. The van der Waals surface area contributed by atoms with Gasteiger partial charge in [-0.25, -0.2) is 9.50 Å². The first kappa shape index (κ1) is 13.4. The van der Waals surface area contributed by atoms with Crippen LogP contribution >= 0.6 is 0 Å². The van der Waals surface area contributed by atoms with Gasteiger partial charge in [0.05, 0.1) is 5.69 Å². The molecule has 2 heterocycles. The van der Waals surface area contributed by atoms with Crippen molar-refractivity contribution in [1.29, 1.82) is 0 Å². The molecule has 5 nitrogen and oxygen atoms in total. The van der Waals surface area contributed by atoms with Crippen LogP contribution in [0.5, 0.6) is 0 Å². The van der Waals surface area contributed by atoms with E-state index in [1.165, 1.54) is 12.8 Å². The minimum absolute atomic E-state index is 0.0432. The first-order valence-corrected chi connectivity index (χ1v) is 7.32. The van der Waals surface area contributed by atoms with Crippen molar-refractivity contribution < 1.29 is 0 Å². The van der Waals surface area contributed by atoms with Gasteiger partial charge in [0.15, 0.2) is 5.82 Å². The third kappa shape index (κ3) is 2.38. The molecule has 0 saturated heterocycles. The molecular weight excluding hydrogens is 250 g/mol. The van der Waals surface area contributed by atoms with Crippen LogP contribution in [0.2, 0.25) is 0 Å². The topological polar surface area (TPSA) is 59.5 Å². The smallest absolute Gasteiger partial charge is 0.154 e. The molecule has 1 aliphatic carbocycles. The fraction of sp³-hybridized carbons (Fsp3) is 0.600. The maximum atomic E-state index is 5.76. The molecular formula is C15H23N5. The van der Waals surface area contributed by atoms with Crippen LogP contribution in [0.1, 0.15) is 39.3 Å². The first-order chi connectivity index (χ1) is 9.50. The molecule has 5 heteroatoms. The molecule has 108 valence electrons. The minimum Gasteiger partial charge on any atom is -0.351 e. The van der Waals surface area contributed by atoms with Gasteiger partial charge in [0.25, 0.3) is 0 Å². The third-order valence-electron chi connectivity index (χ3n) is 3.77. The van der Waals surface area contributed by atoms with E-state index in [1.54, 1.807) is 0 Å². The molecule has 2 N–H and O–H groups in total. The molecule has 2 aromatic heterocycles. The van der Waals surface area contributed by atoms with E-state index in [0.29, 0.717) is 12.6 Å². The van der Waals surface area contributed by atoms with Gasteiger partial charge in [-0.2, -0.15) is 5.10 Å². The largest absolute Gasteiger partial charge is 0.351 e. The van der Waals surface area contributed by atoms with E-state index in [4.69, 9.17) is 5.73 Å². The molecule has 20 heavy (non-hydrogen) atoms. The lowest BCUT2D eigenvalue weighted by Crippen LogP contribution is -2.32. The van der Waals surface area contributed by atoms with Gasteiger partial charge in [0.2, 0.25) is 0 Å². The molecule has 0 radical (unpaired) electrons. The van der Waals surface area contributed by atoms with Crippen LogP contribution in [-0.2, 0) is 5.41 Å². The Balaban J connectivity index is 2.08. The van der Waals surface area contributed by atoms with E-state index in [1.807, 2.05) is 16.9 Å². The second-order valence-corrected chi connectivity index (χ2v) is 6.57. The Morgan fingerprint density at radius 1 is 1.40 bits per heavy atom. The molecule has 0 aliphatic heterocycles. The lowest BCUT2D eigenvalue weighted by molar-refractivity contribution is 0.562. The van der Waals surface area contributed by atoms with Gasteiger partial charge < -0.3 is 10.6 Å². The molecule has 3 rings (SSSR count). The summed E-state index contributed by atoms with van der Waals surface area (Å²) < 4.78 is 1.94. The van der Waals surface area contributed by atoms with Crippen LogP contribution in [0.3, 0.4) is 0 Å². The van der Waals surface area contributed by atoms with Crippen molar-refractivity contribution in [3.63, 3.8) is 0 Å². The summed E-state index contributed by atoms with van der Waals surface area (Å²) in [5, 5.41) is 4.69. The number of nitrogens with zero attached hydrogens (tertiary/aromatic N) is 4. The van der Waals surface area contributed by atoms with Crippen molar-refractivity contribution in [3.05, 3.63) is 24.2 Å². The molecule has 1 aliphatic rings. The number of hydrogen-bond donors (Lipinski definition) is 1. The quantitative estimate of drug-likeness (QED) is 0.925. The predicted octanol–water partition coefficient (Wildman–Crippen LogP) is 1.95. The Morgan fingerprint density at radius 2 is 2.15 bits per heavy atom. The highest BCUT2D eigenvalue weighted by molar-refractivity contribution is 5.70. The average Bonchev–Trinajstić information content (AvgIpc) is 3.11. The van der Waals surface area contributed by atoms with Crippen molar-refractivity contribution in [2.75, 3.05) is 18.0 Å². The molecule has 0 aromatic carbocycles. The van der Waals surface area contributed by atoms with Gasteiger partial charge in [0.1, 0.15) is 5.52 Å². The molecule has 1 fully saturated rings. The normalized spacial score (nSPS) is 15.8. The molecule has 0 amide bonds. The lowest BCUT2D eigenvalue weighted by Gasteiger charge is -2.23. The van der Waals surface area contributed by atoms with Crippen LogP contribution < -0.4 is 10.6 Å². The number of rotatable bonds is 4. The average molecular weight is 273 g/mol. The van der Waals surface area contributed by atoms with E-state index in [-0.39, 0.29) is 5.41 Å². The summed E-state index contributed by atoms with van der Waals surface area (Å²) in [7, 11) is 0. The zero-order valence-electron chi connectivity index (χ0n) is 12.5. The minimum atomic E-state index is 0.0432. The fourth-order valence-electron chi connectivity index (χ4n) is 2.48. The third-order valence-corrected chi connectivity index (χ3v) is 3.77. The van der Waals surface area contributed by atoms with Crippen molar-refractivity contribution in [2.24, 2.45) is 5.73 Å². The standard InChI is InChI=1S/C15H23N5/c1-15(2,3)13-10-12-14(17-7-9-20(12)18-13)19(8-6-16)11-4-5-11/h7,9-11H,4-6,8,16H2,1-3H3. The van der Waals surface area contributed by atoms with E-state index in [0.717, 1.165) is 23.6 Å².